The van der Waals surface area contributed by atoms with Crippen molar-refractivity contribution in [1.29, 1.82) is 0 Å². The Morgan fingerprint density at radius 2 is 1.55 bits per heavy atom. The number of benzene rings is 2. The standard InChI is InChI=1S/C26H28O14/c27-10-3-1-9(2-4-10)14-5-11(28)17-15(39-14)6-12(29)18(21(17)33)25-23(35)22(34)20(32)16(40-25)8-38-26-24(36)19(31)13(30)7-37-26/h1-6,13,16,19-20,22-27,29-36H,7-8H2. The topological polar surface area (TPSA) is 240 Å². The fourth-order valence-corrected chi connectivity index (χ4v) is 4.80. The normalized spacial score (nSPS) is 32.8. The molecule has 2 fully saturated rings. The highest BCUT2D eigenvalue weighted by Gasteiger charge is 2.47. The van der Waals surface area contributed by atoms with Crippen LogP contribution in [0.15, 0.2) is 45.6 Å². The van der Waals surface area contributed by atoms with Crippen LogP contribution in [-0.2, 0) is 14.2 Å². The minimum atomic E-state index is -1.88. The number of aromatic hydroxyl groups is 3. The smallest absolute Gasteiger partial charge is 0.197 e. The summed E-state index contributed by atoms with van der Waals surface area (Å²) in [5, 5.41) is 92.0. The van der Waals surface area contributed by atoms with Crippen molar-refractivity contribution in [1.82, 2.24) is 0 Å². The minimum absolute atomic E-state index is 0.00676. The van der Waals surface area contributed by atoms with Gasteiger partial charge in [0.25, 0.3) is 0 Å². The third kappa shape index (κ3) is 5.01. The lowest BCUT2D eigenvalue weighted by Crippen LogP contribution is -2.57. The maximum atomic E-state index is 13.0. The third-order valence-electron chi connectivity index (χ3n) is 7.04. The molecule has 14 nitrogen and oxygen atoms in total. The molecule has 0 spiro atoms. The molecule has 3 heterocycles. The van der Waals surface area contributed by atoms with Crippen molar-refractivity contribution >= 4 is 11.0 Å². The number of phenolic OH excluding ortho intramolecular Hbond substituents is 3. The van der Waals surface area contributed by atoms with E-state index in [1.165, 1.54) is 24.3 Å². The zero-order valence-corrected chi connectivity index (χ0v) is 20.6. The van der Waals surface area contributed by atoms with Crippen molar-refractivity contribution in [2.45, 2.75) is 55.1 Å². The quantitative estimate of drug-likeness (QED) is 0.172. The summed E-state index contributed by atoms with van der Waals surface area (Å²) in [7, 11) is 0. The molecule has 0 aliphatic carbocycles. The maximum Gasteiger partial charge on any atom is 0.197 e. The molecule has 0 bridgehead atoms. The molecule has 216 valence electrons. The molecule has 5 rings (SSSR count). The van der Waals surface area contributed by atoms with E-state index in [9.17, 15) is 50.8 Å². The van der Waals surface area contributed by atoms with Crippen LogP contribution in [0.25, 0.3) is 22.3 Å². The molecule has 9 atom stereocenters. The molecule has 0 radical (unpaired) electrons. The summed E-state index contributed by atoms with van der Waals surface area (Å²) in [6.07, 6.45) is -14.5. The second kappa shape index (κ2) is 10.9. The van der Waals surface area contributed by atoms with E-state index in [4.69, 9.17) is 18.6 Å². The highest BCUT2D eigenvalue weighted by atomic mass is 16.7. The fourth-order valence-electron chi connectivity index (χ4n) is 4.80. The number of hydrogen-bond donors (Lipinski definition) is 9. The van der Waals surface area contributed by atoms with Gasteiger partial charge in [-0.15, -0.1) is 0 Å². The number of rotatable bonds is 5. The van der Waals surface area contributed by atoms with Gasteiger partial charge in [-0.05, 0) is 24.3 Å². The number of hydrogen-bond acceptors (Lipinski definition) is 14. The molecule has 3 aromatic rings. The SMILES string of the molecule is O=c1cc(-c2ccc(O)cc2)oc2cc(O)c(C3OC(COC4OCC(O)C(O)C4O)C(O)C(O)C3O)c(O)c12. The summed E-state index contributed by atoms with van der Waals surface area (Å²) in [5.74, 6) is -1.38. The first kappa shape index (κ1) is 28.2. The number of aliphatic hydroxyl groups is 6. The lowest BCUT2D eigenvalue weighted by molar-refractivity contribution is -0.292. The van der Waals surface area contributed by atoms with Crippen LogP contribution in [0.5, 0.6) is 17.2 Å². The molecule has 14 heteroatoms. The molecule has 0 saturated carbocycles. The summed E-state index contributed by atoms with van der Waals surface area (Å²) >= 11 is 0. The lowest BCUT2D eigenvalue weighted by atomic mass is 9.89. The summed E-state index contributed by atoms with van der Waals surface area (Å²) in [6.45, 7) is -0.907. The first-order chi connectivity index (χ1) is 19.0. The van der Waals surface area contributed by atoms with E-state index in [1.54, 1.807) is 0 Å². The van der Waals surface area contributed by atoms with E-state index < -0.39 is 84.2 Å². The third-order valence-corrected chi connectivity index (χ3v) is 7.04. The van der Waals surface area contributed by atoms with E-state index in [1.807, 2.05) is 0 Å². The Balaban J connectivity index is 1.45. The molecule has 2 aromatic carbocycles. The Labute approximate surface area is 225 Å². The Kier molecular flexibility index (Phi) is 7.71. The van der Waals surface area contributed by atoms with E-state index in [-0.39, 0.29) is 29.1 Å². The zero-order valence-electron chi connectivity index (χ0n) is 20.6. The summed E-state index contributed by atoms with van der Waals surface area (Å²) in [5.41, 5.74) is -0.949. The van der Waals surface area contributed by atoms with Crippen LogP contribution in [0.2, 0.25) is 0 Å². The molecule has 1 aromatic heterocycles. The summed E-state index contributed by atoms with van der Waals surface area (Å²) in [4.78, 5) is 13.0. The van der Waals surface area contributed by atoms with Gasteiger partial charge in [-0.1, -0.05) is 0 Å². The van der Waals surface area contributed by atoms with Crippen molar-refractivity contribution in [3.05, 3.63) is 52.2 Å². The molecule has 9 N–H and O–H groups in total. The monoisotopic (exact) mass is 564 g/mol. The molecular weight excluding hydrogens is 536 g/mol. The second-order valence-electron chi connectivity index (χ2n) is 9.70. The van der Waals surface area contributed by atoms with Gasteiger partial charge in [0.1, 0.15) is 82.8 Å². The average molecular weight is 564 g/mol. The van der Waals surface area contributed by atoms with Gasteiger partial charge < -0.3 is 64.6 Å². The predicted molar refractivity (Wildman–Crippen MR) is 132 cm³/mol. The largest absolute Gasteiger partial charge is 0.508 e. The van der Waals surface area contributed by atoms with E-state index in [2.05, 4.69) is 0 Å². The Morgan fingerprint density at radius 3 is 2.25 bits per heavy atom. The Bertz CT molecular complexity index is 1420. The molecule has 0 amide bonds. The van der Waals surface area contributed by atoms with Crippen molar-refractivity contribution in [3.8, 4) is 28.6 Å². The summed E-state index contributed by atoms with van der Waals surface area (Å²) < 4.78 is 21.9. The van der Waals surface area contributed by atoms with Crippen molar-refractivity contribution in [2.24, 2.45) is 0 Å². The van der Waals surface area contributed by atoms with Gasteiger partial charge in [0, 0.05) is 17.7 Å². The van der Waals surface area contributed by atoms with Crippen LogP contribution in [0.4, 0.5) is 0 Å². The molecule has 2 saturated heterocycles. The van der Waals surface area contributed by atoms with Gasteiger partial charge in [-0.25, -0.2) is 0 Å². The molecule has 40 heavy (non-hydrogen) atoms. The Morgan fingerprint density at radius 1 is 0.850 bits per heavy atom. The van der Waals surface area contributed by atoms with Gasteiger partial charge in [-0.2, -0.15) is 0 Å². The number of fused-ring (bicyclic) bond motifs is 1. The van der Waals surface area contributed by atoms with Crippen molar-refractivity contribution in [2.75, 3.05) is 13.2 Å². The van der Waals surface area contributed by atoms with Crippen LogP contribution < -0.4 is 5.43 Å². The minimum Gasteiger partial charge on any atom is -0.508 e. The number of aliphatic hydroxyl groups excluding tert-OH is 6. The van der Waals surface area contributed by atoms with Crippen LogP contribution in [-0.4, -0.2) is 108 Å². The van der Waals surface area contributed by atoms with Crippen molar-refractivity contribution in [3.63, 3.8) is 0 Å². The van der Waals surface area contributed by atoms with Gasteiger partial charge >= 0.3 is 0 Å². The fraction of sp³-hybridized carbons (Fsp3) is 0.423. The lowest BCUT2D eigenvalue weighted by Gasteiger charge is -2.42. The Hall–Kier alpha value is -3.31. The highest BCUT2D eigenvalue weighted by Crippen LogP contribution is 2.44. The second-order valence-corrected chi connectivity index (χ2v) is 9.70. The molecule has 2 aliphatic heterocycles. The summed E-state index contributed by atoms with van der Waals surface area (Å²) in [6, 6.07) is 7.86. The number of phenols is 3. The maximum absolute atomic E-state index is 13.0. The van der Waals surface area contributed by atoms with E-state index in [0.29, 0.717) is 5.56 Å². The molecule has 2 aliphatic rings. The molecular formula is C26H28O14. The van der Waals surface area contributed by atoms with E-state index >= 15 is 0 Å². The van der Waals surface area contributed by atoms with Gasteiger partial charge in [-0.3, -0.25) is 4.79 Å². The van der Waals surface area contributed by atoms with Crippen LogP contribution in [0.3, 0.4) is 0 Å². The van der Waals surface area contributed by atoms with Crippen LogP contribution in [0.1, 0.15) is 11.7 Å². The van der Waals surface area contributed by atoms with Gasteiger partial charge in [0.2, 0.25) is 0 Å². The zero-order chi connectivity index (χ0) is 28.9. The highest BCUT2D eigenvalue weighted by molar-refractivity contribution is 5.88. The first-order valence-electron chi connectivity index (χ1n) is 12.3. The first-order valence-corrected chi connectivity index (χ1v) is 12.3. The molecule has 9 unspecified atom stereocenters. The van der Waals surface area contributed by atoms with Gasteiger partial charge in [0.15, 0.2) is 11.7 Å². The van der Waals surface area contributed by atoms with Crippen molar-refractivity contribution < 1.29 is 64.6 Å². The number of ether oxygens (including phenoxy) is 3. The average Bonchev–Trinajstić information content (AvgIpc) is 2.91. The van der Waals surface area contributed by atoms with Crippen LogP contribution in [0, 0.1) is 0 Å². The van der Waals surface area contributed by atoms with Gasteiger partial charge in [0.05, 0.1) is 18.8 Å². The predicted octanol–water partition coefficient (Wildman–Crippen LogP) is -1.45. The van der Waals surface area contributed by atoms with Crippen LogP contribution >= 0.6 is 0 Å². The van der Waals surface area contributed by atoms with E-state index in [0.717, 1.165) is 12.1 Å².